The molecule has 3 amide bonds. The number of hydrogen-bond acceptors (Lipinski definition) is 7. The van der Waals surface area contributed by atoms with Gasteiger partial charge < -0.3 is 26.2 Å². The topological polar surface area (TPSA) is 170 Å². The average Bonchev–Trinajstić information content (AvgIpc) is 2.92. The molecular formula is C28H39N5O5. The summed E-state index contributed by atoms with van der Waals surface area (Å²) in [5.41, 5.74) is 6.47. The summed E-state index contributed by atoms with van der Waals surface area (Å²) in [6.07, 6.45) is 3.13. The number of benzene rings is 1. The van der Waals surface area contributed by atoms with Gasteiger partial charge >= 0.3 is 0 Å². The fraction of sp³-hybridized carbons (Fsp3) is 0.464. The second-order valence-electron chi connectivity index (χ2n) is 9.20. The molecule has 10 heteroatoms. The number of aromatic nitrogens is 1. The summed E-state index contributed by atoms with van der Waals surface area (Å²) < 4.78 is 0. The Labute approximate surface area is 225 Å². The molecule has 2 aromatic rings. The number of rotatable bonds is 15. The summed E-state index contributed by atoms with van der Waals surface area (Å²) in [4.78, 5) is 44.2. The highest BCUT2D eigenvalue weighted by Gasteiger charge is 2.29. The molecule has 0 fully saturated rings. The summed E-state index contributed by atoms with van der Waals surface area (Å²) in [5, 5.41) is 33.0. The molecule has 0 aliphatic rings. The summed E-state index contributed by atoms with van der Waals surface area (Å²) in [5.74, 6) is -1.73. The first-order valence-electron chi connectivity index (χ1n) is 12.9. The Morgan fingerprint density at radius 3 is 2.26 bits per heavy atom. The van der Waals surface area contributed by atoms with Gasteiger partial charge in [0.2, 0.25) is 5.91 Å². The third kappa shape index (κ3) is 8.94. The van der Waals surface area contributed by atoms with Crippen molar-refractivity contribution in [2.75, 3.05) is 13.1 Å². The van der Waals surface area contributed by atoms with E-state index in [1.165, 1.54) is 18.2 Å². The first kappa shape index (κ1) is 30.4. The molecule has 0 aliphatic heterocycles. The summed E-state index contributed by atoms with van der Waals surface area (Å²) >= 11 is 0. The van der Waals surface area contributed by atoms with Gasteiger partial charge in [-0.1, -0.05) is 13.8 Å². The maximum Gasteiger partial charge on any atom is 0.253 e. The minimum Gasteiger partial charge on any atom is -0.390 e. The predicted octanol–water partition coefficient (Wildman–Crippen LogP) is 2.45. The van der Waals surface area contributed by atoms with Crippen molar-refractivity contribution in [3.8, 4) is 6.07 Å². The van der Waals surface area contributed by atoms with Gasteiger partial charge in [0.25, 0.3) is 11.8 Å². The number of unbranched alkanes of at least 4 members (excludes halogenated alkanes) is 1. The van der Waals surface area contributed by atoms with Crippen molar-refractivity contribution < 1.29 is 26.0 Å². The minimum absolute atomic E-state index is 0. The highest BCUT2D eigenvalue weighted by atomic mass is 16.3. The molecule has 5 N–H and O–H groups in total. The number of hydrogen-bond donors (Lipinski definition) is 4. The van der Waals surface area contributed by atoms with E-state index in [0.29, 0.717) is 19.5 Å². The fourth-order valence-electron chi connectivity index (χ4n) is 4.17. The number of primary amides is 1. The molecule has 0 saturated carbocycles. The van der Waals surface area contributed by atoms with E-state index >= 15 is 0 Å². The quantitative estimate of drug-likeness (QED) is 0.259. The van der Waals surface area contributed by atoms with E-state index < -0.39 is 30.1 Å². The zero-order valence-electron chi connectivity index (χ0n) is 22.0. The van der Waals surface area contributed by atoms with Crippen molar-refractivity contribution in [3.63, 3.8) is 0 Å². The van der Waals surface area contributed by atoms with E-state index in [1.807, 2.05) is 19.9 Å². The van der Waals surface area contributed by atoms with Gasteiger partial charge in [0.1, 0.15) is 6.10 Å². The Morgan fingerprint density at radius 1 is 1.08 bits per heavy atom. The second-order valence-corrected chi connectivity index (χ2v) is 9.20. The molecule has 10 nitrogen and oxygen atoms in total. The average molecular weight is 526 g/mol. The number of carbonyl (C=O) groups excluding carboxylic acids is 3. The molecule has 3 unspecified atom stereocenters. The lowest BCUT2D eigenvalue weighted by molar-refractivity contribution is -0.00788. The number of pyridine rings is 1. The zero-order chi connectivity index (χ0) is 28.1. The number of aliphatic hydroxyl groups excluding tert-OH is 2. The number of nitrogens with zero attached hydrogens (tertiary/aromatic N) is 3. The molecule has 0 saturated heterocycles. The molecule has 0 aliphatic carbocycles. The Morgan fingerprint density at radius 2 is 1.68 bits per heavy atom. The van der Waals surface area contributed by atoms with Crippen LogP contribution < -0.4 is 11.1 Å². The second kappa shape index (κ2) is 15.4. The van der Waals surface area contributed by atoms with Gasteiger partial charge in [-0.2, -0.15) is 5.26 Å². The van der Waals surface area contributed by atoms with Crippen molar-refractivity contribution >= 4 is 17.7 Å². The molecule has 206 valence electrons. The number of nitrogens with two attached hydrogens (primary N) is 1. The van der Waals surface area contributed by atoms with Gasteiger partial charge in [-0.15, -0.1) is 0 Å². The highest BCUT2D eigenvalue weighted by Crippen LogP contribution is 2.17. The van der Waals surface area contributed by atoms with Crippen LogP contribution in [0.5, 0.6) is 0 Å². The van der Waals surface area contributed by atoms with Crippen LogP contribution >= 0.6 is 0 Å². The van der Waals surface area contributed by atoms with E-state index in [2.05, 4.69) is 10.3 Å². The van der Waals surface area contributed by atoms with Crippen molar-refractivity contribution in [2.45, 2.75) is 70.6 Å². The molecule has 1 heterocycles. The Kier molecular flexibility index (Phi) is 12.4. The monoisotopic (exact) mass is 525 g/mol. The van der Waals surface area contributed by atoms with Crippen LogP contribution in [-0.2, 0) is 6.42 Å². The van der Waals surface area contributed by atoms with Crippen LogP contribution in [-0.4, -0.2) is 69.2 Å². The van der Waals surface area contributed by atoms with E-state index in [-0.39, 0.29) is 43.3 Å². The van der Waals surface area contributed by atoms with E-state index in [0.717, 1.165) is 18.4 Å². The number of carbonyl (C=O) groups is 3. The molecule has 3 atom stereocenters. The first-order valence-corrected chi connectivity index (χ1v) is 12.9. The molecule has 0 bridgehead atoms. The predicted molar refractivity (Wildman–Crippen MR) is 144 cm³/mol. The van der Waals surface area contributed by atoms with E-state index in [1.54, 1.807) is 29.4 Å². The van der Waals surface area contributed by atoms with Gasteiger partial charge in [0.15, 0.2) is 0 Å². The standard InChI is InChI=1S/C28H37N5O5.H2/c1-3-13-33(14-4-2)28(38)22-17-20(26(30)36)16-21(18-22)27(37)32-23(15-19-8-11-31-12-9-19)25(35)24(34)7-5-6-10-29;/h8-9,11-12,16-18,23-25,34-35H,3-7,13-15H2,1-2H3,(H2,30,36)(H,32,37);1H. The smallest absolute Gasteiger partial charge is 0.253 e. The normalized spacial score (nSPS) is 13.1. The van der Waals surface area contributed by atoms with Crippen molar-refractivity contribution in [2.24, 2.45) is 5.73 Å². The molecular weight excluding hydrogens is 486 g/mol. The van der Waals surface area contributed by atoms with Crippen LogP contribution in [0.1, 0.15) is 84.0 Å². The Balaban J connectivity index is 0.00000760. The van der Waals surface area contributed by atoms with Crippen LogP contribution in [0.4, 0.5) is 0 Å². The molecule has 2 rings (SSSR count). The van der Waals surface area contributed by atoms with Gasteiger partial charge in [-0.25, -0.2) is 0 Å². The lowest BCUT2D eigenvalue weighted by atomic mass is 9.95. The Bertz CT molecular complexity index is 1120. The maximum atomic E-state index is 13.4. The number of nitrogens with one attached hydrogen (secondary N) is 1. The van der Waals surface area contributed by atoms with Crippen LogP contribution in [0, 0.1) is 11.3 Å². The fourth-order valence-corrected chi connectivity index (χ4v) is 4.17. The molecule has 1 aromatic heterocycles. The van der Waals surface area contributed by atoms with Crippen molar-refractivity contribution in [3.05, 3.63) is 65.0 Å². The molecule has 0 radical (unpaired) electrons. The van der Waals surface area contributed by atoms with E-state index in [4.69, 9.17) is 11.0 Å². The first-order chi connectivity index (χ1) is 18.2. The van der Waals surface area contributed by atoms with E-state index in [9.17, 15) is 24.6 Å². The molecule has 1 aromatic carbocycles. The minimum atomic E-state index is -1.34. The van der Waals surface area contributed by atoms with Crippen LogP contribution in [0.25, 0.3) is 0 Å². The van der Waals surface area contributed by atoms with Gasteiger partial charge in [-0.3, -0.25) is 19.4 Å². The number of amides is 3. The zero-order valence-corrected chi connectivity index (χ0v) is 22.0. The lowest BCUT2D eigenvalue weighted by Gasteiger charge is -2.28. The highest BCUT2D eigenvalue weighted by molar-refractivity contribution is 6.04. The molecule has 38 heavy (non-hydrogen) atoms. The van der Waals surface area contributed by atoms with Crippen LogP contribution in [0.15, 0.2) is 42.7 Å². The summed E-state index contributed by atoms with van der Waals surface area (Å²) in [6.45, 7) is 4.97. The van der Waals surface area contributed by atoms with Gasteiger partial charge in [-0.05, 0) is 68.0 Å². The number of nitriles is 1. The van der Waals surface area contributed by atoms with Gasteiger partial charge in [0, 0.05) is 50.0 Å². The summed E-state index contributed by atoms with van der Waals surface area (Å²) in [7, 11) is 0. The van der Waals surface area contributed by atoms with Crippen molar-refractivity contribution in [1.29, 1.82) is 5.26 Å². The molecule has 0 spiro atoms. The number of aliphatic hydroxyl groups is 2. The van der Waals surface area contributed by atoms with Crippen LogP contribution in [0.3, 0.4) is 0 Å². The third-order valence-corrected chi connectivity index (χ3v) is 6.12. The van der Waals surface area contributed by atoms with Crippen LogP contribution in [0.2, 0.25) is 0 Å². The summed E-state index contributed by atoms with van der Waals surface area (Å²) in [6, 6.07) is 8.64. The Hall–Kier alpha value is -3.81. The lowest BCUT2D eigenvalue weighted by Crippen LogP contribution is -2.50. The van der Waals surface area contributed by atoms with Crippen molar-refractivity contribution in [1.82, 2.24) is 15.2 Å². The third-order valence-electron chi connectivity index (χ3n) is 6.12. The largest absolute Gasteiger partial charge is 0.390 e. The maximum absolute atomic E-state index is 13.4. The SMILES string of the molecule is CCCN(CCC)C(=O)c1cc(C(N)=O)cc(C(=O)NC(Cc2ccncc2)C(O)C(O)CCCC#N)c1.[HH]. The van der Waals surface area contributed by atoms with Gasteiger partial charge in [0.05, 0.1) is 18.2 Å².